The fourth-order valence-electron chi connectivity index (χ4n) is 2.49. The van der Waals surface area contributed by atoms with Gasteiger partial charge in [-0.05, 0) is 48.9 Å². The first-order valence-corrected chi connectivity index (χ1v) is 7.88. The van der Waals surface area contributed by atoms with Gasteiger partial charge >= 0.3 is 0 Å². The van der Waals surface area contributed by atoms with E-state index in [1.165, 1.54) is 0 Å². The molecule has 0 saturated carbocycles. The summed E-state index contributed by atoms with van der Waals surface area (Å²) >= 11 is 11.9. The maximum Gasteiger partial charge on any atom is 0.237 e. The van der Waals surface area contributed by atoms with Gasteiger partial charge in [-0.2, -0.15) is 0 Å². The van der Waals surface area contributed by atoms with Crippen molar-refractivity contribution < 1.29 is 9.53 Å². The van der Waals surface area contributed by atoms with Gasteiger partial charge in [0, 0.05) is 29.8 Å². The number of hydrogen-bond acceptors (Lipinski definition) is 3. The summed E-state index contributed by atoms with van der Waals surface area (Å²) in [6, 6.07) is 4.92. The summed E-state index contributed by atoms with van der Waals surface area (Å²) in [5.74, 6) is 0.106. The van der Waals surface area contributed by atoms with Crippen molar-refractivity contribution in [2.24, 2.45) is 11.7 Å². The van der Waals surface area contributed by atoms with Crippen LogP contribution >= 0.6 is 23.2 Å². The van der Waals surface area contributed by atoms with Gasteiger partial charge in [-0.25, -0.2) is 0 Å². The van der Waals surface area contributed by atoms with E-state index in [0.717, 1.165) is 18.4 Å². The number of carbonyl (C=O) groups excluding carboxylic acids is 1. The Morgan fingerprint density at radius 1 is 1.29 bits per heavy atom. The van der Waals surface area contributed by atoms with Crippen LogP contribution in [0.5, 0.6) is 0 Å². The Kier molecular flexibility index (Phi) is 6.30. The van der Waals surface area contributed by atoms with Crippen molar-refractivity contribution >= 4 is 29.1 Å². The second kappa shape index (κ2) is 7.99. The summed E-state index contributed by atoms with van der Waals surface area (Å²) in [6.07, 6.45) is 2.36. The highest BCUT2D eigenvalue weighted by Gasteiger charge is 2.26. The molecule has 0 bridgehead atoms. The summed E-state index contributed by atoms with van der Waals surface area (Å²) < 4.78 is 5.28. The molecule has 1 atom stereocenters. The molecular weight excluding hydrogens is 311 g/mol. The number of ether oxygens (including phenoxy) is 1. The Bertz CT molecular complexity index is 470. The molecule has 1 aliphatic rings. The van der Waals surface area contributed by atoms with Gasteiger partial charge in [-0.1, -0.05) is 23.2 Å². The van der Waals surface area contributed by atoms with Gasteiger partial charge in [0.15, 0.2) is 0 Å². The second-order valence-electron chi connectivity index (χ2n) is 5.29. The molecule has 1 aliphatic heterocycles. The summed E-state index contributed by atoms with van der Waals surface area (Å²) in [5.41, 5.74) is 7.00. The van der Waals surface area contributed by atoms with Crippen molar-refractivity contribution in [3.63, 3.8) is 0 Å². The minimum atomic E-state index is -0.461. The quantitative estimate of drug-likeness (QED) is 0.871. The van der Waals surface area contributed by atoms with Crippen LogP contribution in [0, 0.1) is 5.92 Å². The fraction of sp³-hybridized carbons (Fsp3) is 0.533. The zero-order valence-corrected chi connectivity index (χ0v) is 13.3. The van der Waals surface area contributed by atoms with Crippen LogP contribution in [-0.2, 0) is 16.0 Å². The van der Waals surface area contributed by atoms with Crippen molar-refractivity contribution in [2.75, 3.05) is 19.8 Å². The minimum Gasteiger partial charge on any atom is -0.381 e. The Labute approximate surface area is 134 Å². The van der Waals surface area contributed by atoms with Crippen LogP contribution in [0.3, 0.4) is 0 Å². The number of carbonyl (C=O) groups is 1. The topological polar surface area (TPSA) is 64.4 Å². The predicted molar refractivity (Wildman–Crippen MR) is 84.7 cm³/mol. The summed E-state index contributed by atoms with van der Waals surface area (Å²) in [5, 5.41) is 4.08. The number of benzene rings is 1. The Balaban J connectivity index is 1.78. The molecular formula is C15H20Cl2N2O2. The molecule has 1 unspecified atom stereocenters. The van der Waals surface area contributed by atoms with E-state index in [1.54, 1.807) is 6.07 Å². The molecule has 2 rings (SSSR count). The van der Waals surface area contributed by atoms with Crippen molar-refractivity contribution in [1.82, 2.24) is 5.32 Å². The molecule has 0 spiro atoms. The molecule has 6 heteroatoms. The Morgan fingerprint density at radius 3 is 2.52 bits per heavy atom. The average Bonchev–Trinajstić information content (AvgIpc) is 2.46. The molecule has 1 fully saturated rings. The van der Waals surface area contributed by atoms with Gasteiger partial charge in [-0.15, -0.1) is 0 Å². The number of nitrogens with two attached hydrogens (primary N) is 1. The average molecular weight is 331 g/mol. The van der Waals surface area contributed by atoms with Crippen molar-refractivity contribution in [3.8, 4) is 0 Å². The van der Waals surface area contributed by atoms with Crippen molar-refractivity contribution in [3.05, 3.63) is 33.8 Å². The summed E-state index contributed by atoms with van der Waals surface area (Å²) in [7, 11) is 0. The Morgan fingerprint density at radius 2 is 1.90 bits per heavy atom. The molecule has 1 saturated heterocycles. The highest BCUT2D eigenvalue weighted by molar-refractivity contribution is 6.34. The molecule has 0 aromatic heterocycles. The molecule has 1 heterocycles. The first-order chi connectivity index (χ1) is 10.1. The number of rotatable bonds is 5. The molecule has 3 N–H and O–H groups in total. The lowest BCUT2D eigenvalue weighted by Gasteiger charge is -2.26. The van der Waals surface area contributed by atoms with E-state index in [1.807, 2.05) is 12.1 Å². The smallest absolute Gasteiger partial charge is 0.237 e. The number of halogens is 2. The van der Waals surface area contributed by atoms with Gasteiger partial charge in [0.05, 0.1) is 6.04 Å². The number of amides is 1. The Hall–Kier alpha value is -0.810. The SMILES string of the molecule is NC(C(=O)NCCc1cc(Cl)cc(Cl)c1)C1CCOCC1. The van der Waals surface area contributed by atoms with Crippen LogP contribution in [-0.4, -0.2) is 31.7 Å². The monoisotopic (exact) mass is 330 g/mol. The van der Waals surface area contributed by atoms with Crippen molar-refractivity contribution in [2.45, 2.75) is 25.3 Å². The highest BCUT2D eigenvalue weighted by atomic mass is 35.5. The second-order valence-corrected chi connectivity index (χ2v) is 6.17. The molecule has 0 aliphatic carbocycles. The van der Waals surface area contributed by atoms with Crippen LogP contribution in [0.25, 0.3) is 0 Å². The number of hydrogen-bond donors (Lipinski definition) is 2. The predicted octanol–water partition coefficient (Wildman–Crippen LogP) is 2.41. The van der Waals surface area contributed by atoms with Gasteiger partial charge < -0.3 is 15.8 Å². The van der Waals surface area contributed by atoms with Gasteiger partial charge in [0.2, 0.25) is 5.91 Å². The molecule has 21 heavy (non-hydrogen) atoms. The van der Waals surface area contributed by atoms with Crippen LogP contribution < -0.4 is 11.1 Å². The maximum atomic E-state index is 12.0. The number of nitrogens with one attached hydrogen (secondary N) is 1. The maximum absolute atomic E-state index is 12.0. The third-order valence-electron chi connectivity index (χ3n) is 3.71. The first kappa shape index (κ1) is 16.6. The molecule has 116 valence electrons. The van der Waals surface area contributed by atoms with E-state index >= 15 is 0 Å². The lowest BCUT2D eigenvalue weighted by Crippen LogP contribution is -2.47. The zero-order valence-electron chi connectivity index (χ0n) is 11.8. The molecule has 0 radical (unpaired) electrons. The van der Waals surface area contributed by atoms with Gasteiger partial charge in [0.25, 0.3) is 0 Å². The van der Waals surface area contributed by atoms with E-state index in [9.17, 15) is 4.79 Å². The lowest BCUT2D eigenvalue weighted by atomic mass is 9.92. The van der Waals surface area contributed by atoms with E-state index in [-0.39, 0.29) is 11.8 Å². The zero-order chi connectivity index (χ0) is 15.2. The normalized spacial score (nSPS) is 17.5. The van der Waals surface area contributed by atoms with E-state index < -0.39 is 6.04 Å². The largest absolute Gasteiger partial charge is 0.381 e. The standard InChI is InChI=1S/C15H20Cl2N2O2/c16-12-7-10(8-13(17)9-12)1-4-19-15(20)14(18)11-2-5-21-6-3-11/h7-9,11,14H,1-6,18H2,(H,19,20). The van der Waals surface area contributed by atoms with Gasteiger partial charge in [0.1, 0.15) is 0 Å². The molecule has 1 amide bonds. The first-order valence-electron chi connectivity index (χ1n) is 7.12. The third-order valence-corrected chi connectivity index (χ3v) is 4.15. The van der Waals surface area contributed by atoms with Crippen LogP contribution in [0.1, 0.15) is 18.4 Å². The summed E-state index contributed by atoms with van der Waals surface area (Å²) in [4.78, 5) is 12.0. The molecule has 4 nitrogen and oxygen atoms in total. The van der Waals surface area contributed by atoms with E-state index in [2.05, 4.69) is 5.32 Å². The van der Waals surface area contributed by atoms with Crippen LogP contribution in [0.4, 0.5) is 0 Å². The van der Waals surface area contributed by atoms with E-state index in [4.69, 9.17) is 33.7 Å². The summed E-state index contributed by atoms with van der Waals surface area (Å²) in [6.45, 7) is 1.89. The van der Waals surface area contributed by atoms with E-state index in [0.29, 0.717) is 36.2 Å². The third kappa shape index (κ3) is 5.15. The van der Waals surface area contributed by atoms with Gasteiger partial charge in [-0.3, -0.25) is 4.79 Å². The van der Waals surface area contributed by atoms with Crippen molar-refractivity contribution in [1.29, 1.82) is 0 Å². The molecule has 1 aromatic carbocycles. The highest BCUT2D eigenvalue weighted by Crippen LogP contribution is 2.19. The van der Waals surface area contributed by atoms with Crippen LogP contribution in [0.15, 0.2) is 18.2 Å². The van der Waals surface area contributed by atoms with Crippen LogP contribution in [0.2, 0.25) is 10.0 Å². The minimum absolute atomic E-state index is 0.102. The molecule has 1 aromatic rings. The fourth-order valence-corrected chi connectivity index (χ4v) is 3.06. The lowest BCUT2D eigenvalue weighted by molar-refractivity contribution is -0.124.